The number of nitrogens with zero attached hydrogens (tertiary/aromatic N) is 3. The lowest BCUT2D eigenvalue weighted by Gasteiger charge is -2.29. The number of nitrogens with one attached hydrogen (secondary N) is 1. The van der Waals surface area contributed by atoms with Gasteiger partial charge in [-0.05, 0) is 32.9 Å². The Kier molecular flexibility index (Phi) is 5.27. The fraction of sp³-hybridized carbons (Fsp3) is 0.769. The number of rotatable bonds is 6. The summed E-state index contributed by atoms with van der Waals surface area (Å²) in [7, 11) is 0. The van der Waals surface area contributed by atoms with Gasteiger partial charge in [0.15, 0.2) is 0 Å². The molecule has 0 amide bonds. The Morgan fingerprint density at radius 1 is 1.32 bits per heavy atom. The van der Waals surface area contributed by atoms with Crippen molar-refractivity contribution < 1.29 is 8.78 Å². The van der Waals surface area contributed by atoms with Crippen LogP contribution < -0.4 is 5.32 Å². The minimum atomic E-state index is -2.52. The van der Waals surface area contributed by atoms with Crippen LogP contribution in [0, 0.1) is 0 Å². The van der Waals surface area contributed by atoms with Crippen molar-refractivity contribution in [1.29, 1.82) is 0 Å². The molecule has 0 spiro atoms. The van der Waals surface area contributed by atoms with Crippen LogP contribution >= 0.6 is 0 Å². The van der Waals surface area contributed by atoms with E-state index in [1.165, 1.54) is 31.7 Å². The molecule has 0 bridgehead atoms. The molecule has 1 aliphatic heterocycles. The van der Waals surface area contributed by atoms with E-state index >= 15 is 0 Å². The first-order valence-electron chi connectivity index (χ1n) is 6.92. The number of halogens is 2. The van der Waals surface area contributed by atoms with Crippen molar-refractivity contribution in [2.75, 3.05) is 19.6 Å². The van der Waals surface area contributed by atoms with E-state index in [-0.39, 0.29) is 6.04 Å². The second kappa shape index (κ2) is 6.96. The van der Waals surface area contributed by atoms with E-state index < -0.39 is 6.55 Å². The second-order valence-electron chi connectivity index (χ2n) is 5.17. The van der Waals surface area contributed by atoms with Crippen LogP contribution in [0.1, 0.15) is 38.6 Å². The molecule has 1 unspecified atom stereocenters. The lowest BCUT2D eigenvalue weighted by Crippen LogP contribution is -2.41. The minimum absolute atomic E-state index is 0.279. The lowest BCUT2D eigenvalue weighted by atomic mass is 10.1. The molecule has 1 fully saturated rings. The van der Waals surface area contributed by atoms with Gasteiger partial charge >= 0.3 is 6.55 Å². The van der Waals surface area contributed by atoms with Gasteiger partial charge in [-0.2, -0.15) is 8.78 Å². The van der Waals surface area contributed by atoms with Gasteiger partial charge in [-0.3, -0.25) is 4.57 Å². The summed E-state index contributed by atoms with van der Waals surface area (Å²) in [4.78, 5) is 6.39. The number of hydrogen-bond acceptors (Lipinski definition) is 3. The number of alkyl halides is 2. The van der Waals surface area contributed by atoms with Gasteiger partial charge in [-0.25, -0.2) is 4.98 Å². The van der Waals surface area contributed by atoms with E-state index in [9.17, 15) is 8.78 Å². The van der Waals surface area contributed by atoms with Gasteiger partial charge in [0.1, 0.15) is 5.82 Å². The smallest absolute Gasteiger partial charge is 0.306 e. The van der Waals surface area contributed by atoms with Crippen molar-refractivity contribution >= 4 is 0 Å². The molecule has 2 rings (SSSR count). The SMILES string of the molecule is CC(CN1CCCCC1)NCc1nccn1C(F)F. The Hall–Kier alpha value is -1.01. The van der Waals surface area contributed by atoms with Crippen molar-refractivity contribution in [2.45, 2.75) is 45.3 Å². The van der Waals surface area contributed by atoms with Crippen LogP contribution in [-0.4, -0.2) is 40.1 Å². The Morgan fingerprint density at radius 3 is 2.74 bits per heavy atom. The van der Waals surface area contributed by atoms with Crippen molar-refractivity contribution in [3.05, 3.63) is 18.2 Å². The third-order valence-electron chi connectivity index (χ3n) is 3.55. The Labute approximate surface area is 112 Å². The lowest BCUT2D eigenvalue weighted by molar-refractivity contribution is 0.0664. The molecule has 0 radical (unpaired) electrons. The maximum Gasteiger partial charge on any atom is 0.319 e. The average molecular weight is 272 g/mol. The highest BCUT2D eigenvalue weighted by Crippen LogP contribution is 2.12. The van der Waals surface area contributed by atoms with Crippen LogP contribution in [0.25, 0.3) is 0 Å². The Morgan fingerprint density at radius 2 is 2.05 bits per heavy atom. The van der Waals surface area contributed by atoms with E-state index in [2.05, 4.69) is 22.1 Å². The van der Waals surface area contributed by atoms with Gasteiger partial charge in [0.2, 0.25) is 0 Å². The van der Waals surface area contributed by atoms with Crippen LogP contribution in [0.5, 0.6) is 0 Å². The second-order valence-corrected chi connectivity index (χ2v) is 5.17. The quantitative estimate of drug-likeness (QED) is 0.862. The van der Waals surface area contributed by atoms with Crippen LogP contribution in [0.3, 0.4) is 0 Å². The van der Waals surface area contributed by atoms with Gasteiger partial charge in [0, 0.05) is 25.0 Å². The Bertz CT molecular complexity index is 374. The summed E-state index contributed by atoms with van der Waals surface area (Å²) >= 11 is 0. The minimum Gasteiger partial charge on any atom is -0.306 e. The van der Waals surface area contributed by atoms with E-state index in [1.807, 2.05) is 0 Å². The molecule has 1 N–H and O–H groups in total. The van der Waals surface area contributed by atoms with E-state index in [4.69, 9.17) is 0 Å². The summed E-state index contributed by atoms with van der Waals surface area (Å²) < 4.78 is 26.2. The van der Waals surface area contributed by atoms with Gasteiger partial charge in [0.25, 0.3) is 0 Å². The largest absolute Gasteiger partial charge is 0.319 e. The van der Waals surface area contributed by atoms with Crippen LogP contribution in [0.15, 0.2) is 12.4 Å². The number of imidazole rings is 1. The number of piperidine rings is 1. The summed E-state index contributed by atoms with van der Waals surface area (Å²) in [5, 5.41) is 3.27. The molecule has 0 aliphatic carbocycles. The normalized spacial score (nSPS) is 18.9. The highest BCUT2D eigenvalue weighted by atomic mass is 19.3. The summed E-state index contributed by atoms with van der Waals surface area (Å²) in [5.74, 6) is 0.389. The van der Waals surface area contributed by atoms with Gasteiger partial charge in [0.05, 0.1) is 6.54 Å². The molecule has 1 atom stereocenters. The molecular formula is C13H22F2N4. The van der Waals surface area contributed by atoms with Crippen LogP contribution in [-0.2, 0) is 6.54 Å². The maximum absolute atomic E-state index is 12.6. The number of aromatic nitrogens is 2. The standard InChI is InChI=1S/C13H22F2N4/c1-11(10-18-6-3-2-4-7-18)17-9-12-16-5-8-19(12)13(14)15/h5,8,11,13,17H,2-4,6-7,9-10H2,1H3. The predicted molar refractivity (Wildman–Crippen MR) is 70.1 cm³/mol. The summed E-state index contributed by atoms with van der Waals surface area (Å²) in [6.45, 7) is 3.22. The van der Waals surface area contributed by atoms with Gasteiger partial charge in [-0.1, -0.05) is 6.42 Å². The fourth-order valence-electron chi connectivity index (χ4n) is 2.52. The molecule has 0 aromatic carbocycles. The van der Waals surface area contributed by atoms with Crippen molar-refractivity contribution in [3.8, 4) is 0 Å². The summed E-state index contributed by atoms with van der Waals surface area (Å²) in [5.41, 5.74) is 0. The van der Waals surface area contributed by atoms with Gasteiger partial charge in [-0.15, -0.1) is 0 Å². The predicted octanol–water partition coefficient (Wildman–Crippen LogP) is 2.24. The third kappa shape index (κ3) is 4.24. The zero-order valence-electron chi connectivity index (χ0n) is 11.4. The Balaban J connectivity index is 1.76. The topological polar surface area (TPSA) is 33.1 Å². The van der Waals surface area contributed by atoms with E-state index in [1.54, 1.807) is 0 Å². The molecule has 0 saturated carbocycles. The van der Waals surface area contributed by atoms with Crippen LogP contribution in [0.4, 0.5) is 8.78 Å². The molecule has 1 saturated heterocycles. The maximum atomic E-state index is 12.6. The fourth-order valence-corrected chi connectivity index (χ4v) is 2.52. The molecular weight excluding hydrogens is 250 g/mol. The highest BCUT2D eigenvalue weighted by molar-refractivity contribution is 4.92. The molecule has 108 valence electrons. The molecule has 6 heteroatoms. The summed E-state index contributed by atoms with van der Waals surface area (Å²) in [6.07, 6.45) is 6.59. The average Bonchev–Trinajstić information content (AvgIpc) is 2.86. The van der Waals surface area contributed by atoms with E-state index in [0.29, 0.717) is 12.4 Å². The van der Waals surface area contributed by atoms with Crippen molar-refractivity contribution in [1.82, 2.24) is 19.8 Å². The zero-order chi connectivity index (χ0) is 13.7. The molecule has 1 aromatic heterocycles. The molecule has 19 heavy (non-hydrogen) atoms. The van der Waals surface area contributed by atoms with Crippen molar-refractivity contribution in [2.24, 2.45) is 0 Å². The molecule has 1 aliphatic rings. The summed E-state index contributed by atoms with van der Waals surface area (Å²) in [6, 6.07) is 0.279. The molecule has 4 nitrogen and oxygen atoms in total. The van der Waals surface area contributed by atoms with E-state index in [0.717, 1.165) is 24.2 Å². The zero-order valence-corrected chi connectivity index (χ0v) is 11.4. The monoisotopic (exact) mass is 272 g/mol. The van der Waals surface area contributed by atoms with Gasteiger partial charge < -0.3 is 10.2 Å². The first-order chi connectivity index (χ1) is 9.16. The third-order valence-corrected chi connectivity index (χ3v) is 3.55. The highest BCUT2D eigenvalue weighted by Gasteiger charge is 2.15. The molecule has 2 heterocycles. The first kappa shape index (κ1) is 14.4. The van der Waals surface area contributed by atoms with Crippen molar-refractivity contribution in [3.63, 3.8) is 0 Å². The first-order valence-corrected chi connectivity index (χ1v) is 6.92. The number of likely N-dealkylation sites (tertiary alicyclic amines) is 1. The van der Waals surface area contributed by atoms with Crippen LogP contribution in [0.2, 0.25) is 0 Å². The molecule has 1 aromatic rings. The number of hydrogen-bond donors (Lipinski definition) is 1.